The normalized spacial score (nSPS) is 11.0. The topological polar surface area (TPSA) is 101 Å². The first-order chi connectivity index (χ1) is 12.9. The second-order valence-corrected chi connectivity index (χ2v) is 7.45. The first kappa shape index (κ1) is 19.4. The monoisotopic (exact) mass is 542 g/mol. The van der Waals surface area contributed by atoms with Gasteiger partial charge in [-0.05, 0) is 70.6 Å². The lowest BCUT2D eigenvalue weighted by Crippen LogP contribution is -2.16. The van der Waals surface area contributed by atoms with Gasteiger partial charge in [0.15, 0.2) is 12.4 Å². The maximum Gasteiger partial charge on any atom is 0.341 e. The summed E-state index contributed by atoms with van der Waals surface area (Å²) >= 11 is 5.55. The second kappa shape index (κ2) is 8.53. The van der Waals surface area contributed by atoms with Crippen LogP contribution in [0.5, 0.6) is 5.75 Å². The Bertz CT molecular complexity index is 1030. The van der Waals surface area contributed by atoms with Crippen molar-refractivity contribution in [1.29, 1.82) is 0 Å². The fraction of sp³-hybridized carbons (Fsp3) is 0.0556. The average Bonchev–Trinajstić information content (AvgIpc) is 3.05. The van der Waals surface area contributed by atoms with Crippen LogP contribution in [0.25, 0.3) is 11.0 Å². The fourth-order valence-corrected chi connectivity index (χ4v) is 3.86. The Balaban J connectivity index is 1.63. The Labute approximate surface area is 175 Å². The quantitative estimate of drug-likeness (QED) is 0.278. The highest BCUT2D eigenvalue weighted by Gasteiger charge is 2.14. The summed E-state index contributed by atoms with van der Waals surface area (Å²) in [4.78, 5) is 22.7. The number of carboxylic acids is 1. The summed E-state index contributed by atoms with van der Waals surface area (Å²) < 4.78 is 12.4. The van der Waals surface area contributed by atoms with E-state index in [0.717, 1.165) is 13.4 Å². The molecule has 1 amide bonds. The molecule has 138 valence electrons. The van der Waals surface area contributed by atoms with Crippen LogP contribution in [0.15, 0.2) is 56.5 Å². The predicted molar refractivity (Wildman–Crippen MR) is 111 cm³/mol. The minimum Gasteiger partial charge on any atom is -0.482 e. The first-order valence-electron chi connectivity index (χ1n) is 7.59. The van der Waals surface area contributed by atoms with Crippen LogP contribution in [0.1, 0.15) is 16.1 Å². The van der Waals surface area contributed by atoms with Crippen molar-refractivity contribution in [2.24, 2.45) is 5.10 Å². The number of halogens is 2. The van der Waals surface area contributed by atoms with Crippen molar-refractivity contribution in [3.8, 4) is 5.75 Å². The van der Waals surface area contributed by atoms with Gasteiger partial charge in [0.25, 0.3) is 0 Å². The number of fused-ring (bicyclic) bond motifs is 1. The molecule has 9 heteroatoms. The van der Waals surface area contributed by atoms with Crippen LogP contribution in [-0.2, 0) is 4.79 Å². The van der Waals surface area contributed by atoms with Gasteiger partial charge in [-0.15, -0.1) is 0 Å². The number of nitrogens with zero attached hydrogens (tertiary/aromatic N) is 1. The number of hydrogen-bond acceptors (Lipinski definition) is 5. The van der Waals surface area contributed by atoms with Crippen molar-refractivity contribution in [2.75, 3.05) is 6.61 Å². The molecule has 0 aliphatic carbocycles. The van der Waals surface area contributed by atoms with E-state index >= 15 is 0 Å². The zero-order chi connectivity index (χ0) is 19.4. The zero-order valence-electron chi connectivity index (χ0n) is 13.6. The Morgan fingerprint density at radius 3 is 2.70 bits per heavy atom. The Kier molecular flexibility index (Phi) is 6.11. The summed E-state index contributed by atoms with van der Waals surface area (Å²) in [6.07, 6.45) is 1.46. The van der Waals surface area contributed by atoms with Gasteiger partial charge in [0.05, 0.1) is 9.78 Å². The standard InChI is InChI=1S/C18H12BrIN2O5/c19-12-5-11-6-15(27-17(11)14(20)7-12)18(25)22-21-8-10-1-3-13(4-2-10)26-9-16(23)24/h1-8H,9H2,(H,22,25)(H,23,24)/b21-8-. The van der Waals surface area contributed by atoms with E-state index in [9.17, 15) is 9.59 Å². The zero-order valence-corrected chi connectivity index (χ0v) is 17.4. The maximum absolute atomic E-state index is 12.2. The van der Waals surface area contributed by atoms with E-state index in [4.69, 9.17) is 14.3 Å². The van der Waals surface area contributed by atoms with Crippen LogP contribution >= 0.6 is 38.5 Å². The lowest BCUT2D eigenvalue weighted by molar-refractivity contribution is -0.139. The number of carbonyl (C=O) groups excluding carboxylic acids is 1. The molecule has 0 spiro atoms. The number of nitrogens with one attached hydrogen (secondary N) is 1. The molecule has 1 aromatic heterocycles. The smallest absolute Gasteiger partial charge is 0.341 e. The van der Waals surface area contributed by atoms with E-state index in [1.165, 1.54) is 6.21 Å². The molecule has 0 saturated heterocycles. The van der Waals surface area contributed by atoms with Gasteiger partial charge in [0.1, 0.15) is 11.3 Å². The molecule has 0 unspecified atom stereocenters. The third-order valence-electron chi connectivity index (χ3n) is 3.38. The summed E-state index contributed by atoms with van der Waals surface area (Å²) in [5.41, 5.74) is 3.76. The van der Waals surface area contributed by atoms with Gasteiger partial charge in [-0.2, -0.15) is 5.10 Å². The summed E-state index contributed by atoms with van der Waals surface area (Å²) in [6, 6.07) is 12.0. The largest absolute Gasteiger partial charge is 0.482 e. The molecule has 3 rings (SSSR count). The molecule has 27 heavy (non-hydrogen) atoms. The molecule has 0 radical (unpaired) electrons. The van der Waals surface area contributed by atoms with Crippen LogP contribution < -0.4 is 10.2 Å². The molecule has 1 heterocycles. The van der Waals surface area contributed by atoms with E-state index in [1.54, 1.807) is 30.3 Å². The Hall–Kier alpha value is -2.40. The molecule has 3 aromatic rings. The lowest BCUT2D eigenvalue weighted by Gasteiger charge is -2.02. The third kappa shape index (κ3) is 5.07. The minimum atomic E-state index is -1.05. The van der Waals surface area contributed by atoms with E-state index in [-0.39, 0.29) is 5.76 Å². The number of aliphatic carboxylic acids is 1. The van der Waals surface area contributed by atoms with Crippen LogP contribution in [0.4, 0.5) is 0 Å². The van der Waals surface area contributed by atoms with E-state index in [0.29, 0.717) is 16.9 Å². The van der Waals surface area contributed by atoms with E-state index in [2.05, 4.69) is 49.0 Å². The summed E-state index contributed by atoms with van der Waals surface area (Å²) in [7, 11) is 0. The summed E-state index contributed by atoms with van der Waals surface area (Å²) in [5, 5.41) is 13.3. The molecule has 0 aliphatic heterocycles. The SMILES string of the molecule is O=C(O)COc1ccc(/C=N\NC(=O)c2cc3cc(Br)cc(I)c3o2)cc1. The van der Waals surface area contributed by atoms with Crippen molar-refractivity contribution in [1.82, 2.24) is 5.43 Å². The van der Waals surface area contributed by atoms with Gasteiger partial charge in [-0.25, -0.2) is 10.2 Å². The molecule has 0 atom stereocenters. The van der Waals surface area contributed by atoms with Gasteiger partial charge >= 0.3 is 11.9 Å². The highest BCUT2D eigenvalue weighted by atomic mass is 127. The van der Waals surface area contributed by atoms with Gasteiger partial charge in [-0.3, -0.25) is 4.79 Å². The number of ether oxygens (including phenoxy) is 1. The van der Waals surface area contributed by atoms with Crippen LogP contribution in [0.3, 0.4) is 0 Å². The van der Waals surface area contributed by atoms with Crippen molar-refractivity contribution < 1.29 is 23.8 Å². The molecule has 0 bridgehead atoms. The van der Waals surface area contributed by atoms with E-state index in [1.807, 2.05) is 12.1 Å². The highest BCUT2D eigenvalue weighted by molar-refractivity contribution is 14.1. The number of hydrazone groups is 1. The van der Waals surface area contributed by atoms with Crippen LogP contribution in [-0.4, -0.2) is 29.8 Å². The maximum atomic E-state index is 12.2. The minimum absolute atomic E-state index is 0.163. The number of furan rings is 1. The molecule has 2 aromatic carbocycles. The molecular weight excluding hydrogens is 531 g/mol. The van der Waals surface area contributed by atoms with Crippen LogP contribution in [0.2, 0.25) is 0 Å². The molecule has 0 aliphatic rings. The number of amides is 1. The van der Waals surface area contributed by atoms with Crippen molar-refractivity contribution in [3.05, 3.63) is 61.8 Å². The molecule has 2 N–H and O–H groups in total. The Morgan fingerprint density at radius 1 is 1.26 bits per heavy atom. The predicted octanol–water partition coefficient (Wildman–Crippen LogP) is 4.03. The van der Waals surface area contributed by atoms with Gasteiger partial charge < -0.3 is 14.3 Å². The first-order valence-corrected chi connectivity index (χ1v) is 9.46. The molecular formula is C18H12BrIN2O5. The van der Waals surface area contributed by atoms with Crippen molar-refractivity contribution >= 4 is 67.6 Å². The number of rotatable bonds is 6. The fourth-order valence-electron chi connectivity index (χ4n) is 2.20. The summed E-state index contributed by atoms with van der Waals surface area (Å²) in [5.74, 6) is -0.913. The number of carboxylic acid groups (broad SMARTS) is 1. The highest BCUT2D eigenvalue weighted by Crippen LogP contribution is 2.28. The second-order valence-electron chi connectivity index (χ2n) is 5.37. The van der Waals surface area contributed by atoms with Crippen molar-refractivity contribution in [3.63, 3.8) is 0 Å². The Morgan fingerprint density at radius 2 is 2.00 bits per heavy atom. The van der Waals surface area contributed by atoms with Crippen LogP contribution in [0, 0.1) is 3.57 Å². The number of carbonyl (C=O) groups is 2. The molecule has 0 saturated carbocycles. The number of benzene rings is 2. The van der Waals surface area contributed by atoms with Gasteiger partial charge in [-0.1, -0.05) is 15.9 Å². The molecule has 7 nitrogen and oxygen atoms in total. The summed E-state index contributed by atoms with van der Waals surface area (Å²) in [6.45, 7) is -0.406. The van der Waals surface area contributed by atoms with Gasteiger partial charge in [0.2, 0.25) is 0 Å². The van der Waals surface area contributed by atoms with E-state index < -0.39 is 18.5 Å². The third-order valence-corrected chi connectivity index (χ3v) is 4.64. The number of hydrogen-bond donors (Lipinski definition) is 2. The molecule has 0 fully saturated rings. The lowest BCUT2D eigenvalue weighted by atomic mass is 10.2. The average molecular weight is 543 g/mol. The van der Waals surface area contributed by atoms with Crippen molar-refractivity contribution in [2.45, 2.75) is 0 Å². The van der Waals surface area contributed by atoms with Gasteiger partial charge in [0, 0.05) is 9.86 Å².